The van der Waals surface area contributed by atoms with Crippen molar-refractivity contribution in [2.75, 3.05) is 6.61 Å². The summed E-state index contributed by atoms with van der Waals surface area (Å²) in [7, 11) is -1.93. The van der Waals surface area contributed by atoms with E-state index in [9.17, 15) is 9.59 Å². The van der Waals surface area contributed by atoms with Gasteiger partial charge in [-0.05, 0) is 69.9 Å². The molecule has 1 atom stereocenters. The lowest BCUT2D eigenvalue weighted by Gasteiger charge is -2.36. The monoisotopic (exact) mass is 506 g/mol. The molecule has 0 saturated heterocycles. The first-order valence-electron chi connectivity index (χ1n) is 11.5. The number of thiazole rings is 1. The quantitative estimate of drug-likeness (QED) is 0.324. The van der Waals surface area contributed by atoms with Crippen LogP contribution in [-0.2, 0) is 15.9 Å². The number of carbonyl (C=O) groups is 2. The first-order chi connectivity index (χ1) is 15.6. The average molecular weight is 507 g/mol. The van der Waals surface area contributed by atoms with E-state index in [-0.39, 0.29) is 17.3 Å². The van der Waals surface area contributed by atoms with E-state index in [1.165, 1.54) is 11.3 Å². The second-order valence-electron chi connectivity index (χ2n) is 10.7. The van der Waals surface area contributed by atoms with Gasteiger partial charge >= 0.3 is 12.1 Å². The van der Waals surface area contributed by atoms with E-state index in [1.807, 2.05) is 45.0 Å². The number of carbonyl (C=O) groups excluding carboxylic acids is 2. The van der Waals surface area contributed by atoms with Gasteiger partial charge in [0.15, 0.2) is 5.69 Å². The highest BCUT2D eigenvalue weighted by molar-refractivity contribution is 7.09. The molecule has 1 aromatic heterocycles. The Morgan fingerprint density at radius 1 is 1.09 bits per heavy atom. The molecule has 188 valence electrons. The van der Waals surface area contributed by atoms with E-state index >= 15 is 0 Å². The Bertz CT molecular complexity index is 974. The Kier molecular flexibility index (Phi) is 8.93. The maximum atomic E-state index is 12.5. The molecule has 1 N–H and O–H groups in total. The Morgan fingerprint density at radius 2 is 1.71 bits per heavy atom. The van der Waals surface area contributed by atoms with Gasteiger partial charge in [-0.1, -0.05) is 32.9 Å². The number of esters is 1. The van der Waals surface area contributed by atoms with Crippen molar-refractivity contribution in [3.05, 3.63) is 45.9 Å². The van der Waals surface area contributed by atoms with Crippen molar-refractivity contribution in [2.24, 2.45) is 0 Å². The fraction of sp³-hybridized carbons (Fsp3) is 0.560. The number of aromatic nitrogens is 1. The lowest BCUT2D eigenvalue weighted by Crippen LogP contribution is -2.43. The molecule has 0 fully saturated rings. The first-order valence-corrected chi connectivity index (χ1v) is 15.3. The summed E-state index contributed by atoms with van der Waals surface area (Å²) < 4.78 is 16.9. The summed E-state index contributed by atoms with van der Waals surface area (Å²) in [5, 5.41) is 5.27. The zero-order valence-electron chi connectivity index (χ0n) is 21.8. The van der Waals surface area contributed by atoms with E-state index in [4.69, 9.17) is 13.9 Å². The number of hydrogen-bond acceptors (Lipinski definition) is 7. The second-order valence-corrected chi connectivity index (χ2v) is 16.3. The second kappa shape index (κ2) is 10.9. The van der Waals surface area contributed by atoms with E-state index in [1.54, 1.807) is 12.3 Å². The van der Waals surface area contributed by atoms with Crippen molar-refractivity contribution < 1.29 is 23.5 Å². The molecule has 34 heavy (non-hydrogen) atoms. The number of ether oxygens (including phenoxy) is 2. The molecule has 1 aromatic carbocycles. The van der Waals surface area contributed by atoms with E-state index in [2.05, 4.69) is 44.2 Å². The summed E-state index contributed by atoms with van der Waals surface area (Å²) >= 11 is 1.30. The Morgan fingerprint density at radius 3 is 2.24 bits per heavy atom. The molecule has 0 saturated carbocycles. The average Bonchev–Trinajstić information content (AvgIpc) is 3.17. The van der Waals surface area contributed by atoms with Crippen LogP contribution < -0.4 is 9.74 Å². The minimum absolute atomic E-state index is 0.107. The summed E-state index contributed by atoms with van der Waals surface area (Å²) in [5.74, 6) is 0.360. The van der Waals surface area contributed by atoms with Crippen LogP contribution in [0.5, 0.6) is 5.75 Å². The molecule has 1 amide bonds. The van der Waals surface area contributed by atoms with Crippen molar-refractivity contribution in [2.45, 2.75) is 84.7 Å². The molecule has 2 aromatic rings. The number of benzene rings is 1. The SMILES string of the molecule is CCOC(=O)c1csc(C(Cc2ccc(O[Si](C)(C)C(C)(C)C)cc2)NC(=O)OC(C)(C)C)n1. The number of nitrogens with zero attached hydrogens (tertiary/aromatic N) is 1. The van der Waals surface area contributed by atoms with E-state index in [0.717, 1.165) is 11.3 Å². The van der Waals surface area contributed by atoms with Gasteiger partial charge in [0.1, 0.15) is 16.4 Å². The maximum Gasteiger partial charge on any atom is 0.408 e. The highest BCUT2D eigenvalue weighted by Crippen LogP contribution is 2.37. The number of hydrogen-bond donors (Lipinski definition) is 1. The molecule has 1 unspecified atom stereocenters. The molecule has 0 aliphatic carbocycles. The Balaban J connectivity index is 2.23. The lowest BCUT2D eigenvalue weighted by molar-refractivity contribution is 0.0502. The number of rotatable bonds is 8. The molecule has 9 heteroatoms. The molecule has 1 heterocycles. The summed E-state index contributed by atoms with van der Waals surface area (Å²) in [6.45, 7) is 18.5. The Hall–Kier alpha value is -2.39. The van der Waals surface area contributed by atoms with Crippen molar-refractivity contribution in [3.8, 4) is 5.75 Å². The third-order valence-corrected chi connectivity index (χ3v) is 10.9. The van der Waals surface area contributed by atoms with Crippen LogP contribution in [0.1, 0.15) is 75.6 Å². The molecule has 0 aliphatic heterocycles. The topological polar surface area (TPSA) is 86.8 Å². The lowest BCUT2D eigenvalue weighted by atomic mass is 10.1. The van der Waals surface area contributed by atoms with Crippen molar-refractivity contribution >= 4 is 31.7 Å². The van der Waals surface area contributed by atoms with Gasteiger partial charge in [-0.25, -0.2) is 14.6 Å². The number of nitrogens with one attached hydrogen (secondary N) is 1. The highest BCUT2D eigenvalue weighted by Gasteiger charge is 2.39. The molecule has 0 aliphatic rings. The van der Waals surface area contributed by atoms with Crippen LogP contribution >= 0.6 is 11.3 Å². The molecule has 0 spiro atoms. The third kappa shape index (κ3) is 8.13. The minimum atomic E-state index is -1.93. The minimum Gasteiger partial charge on any atom is -0.544 e. The van der Waals surface area contributed by atoms with Crippen LogP contribution in [0.2, 0.25) is 18.1 Å². The molecule has 2 rings (SSSR count). The maximum absolute atomic E-state index is 12.5. The third-order valence-electron chi connectivity index (χ3n) is 5.54. The van der Waals surface area contributed by atoms with Gasteiger partial charge in [0.05, 0.1) is 12.6 Å². The van der Waals surface area contributed by atoms with Crippen LogP contribution in [-0.4, -0.2) is 37.6 Å². The van der Waals surface area contributed by atoms with Crippen LogP contribution in [0, 0.1) is 0 Å². The van der Waals surface area contributed by atoms with Crippen LogP contribution in [0.4, 0.5) is 4.79 Å². The summed E-state index contributed by atoms with van der Waals surface area (Å²) in [6, 6.07) is 7.45. The molecular weight excluding hydrogens is 468 g/mol. The molecule has 7 nitrogen and oxygen atoms in total. The van der Waals surface area contributed by atoms with Crippen LogP contribution in [0.25, 0.3) is 0 Å². The van der Waals surface area contributed by atoms with Crippen molar-refractivity contribution in [1.82, 2.24) is 10.3 Å². The molecule has 0 bridgehead atoms. The zero-order valence-corrected chi connectivity index (χ0v) is 23.6. The summed E-state index contributed by atoms with van der Waals surface area (Å²) in [4.78, 5) is 29.0. The molecular formula is C25H38N2O5SSi. The largest absolute Gasteiger partial charge is 0.544 e. The molecule has 0 radical (unpaired) electrons. The predicted octanol–water partition coefficient (Wildman–Crippen LogP) is 6.51. The standard InChI is InChI=1S/C25H38N2O5SSi/c1-10-30-22(28)20-16-33-21(26-20)19(27-23(29)31-24(2,3)4)15-17-11-13-18(14-12-17)32-34(8,9)25(5,6)7/h11-14,16,19H,10,15H2,1-9H3,(H,27,29). The fourth-order valence-electron chi connectivity index (χ4n) is 2.77. The van der Waals surface area contributed by atoms with E-state index < -0.39 is 32.0 Å². The Labute approximate surface area is 208 Å². The van der Waals surface area contributed by atoms with Gasteiger partial charge in [0.25, 0.3) is 0 Å². The number of amides is 1. The summed E-state index contributed by atoms with van der Waals surface area (Å²) in [5.41, 5.74) is 0.601. The number of alkyl carbamates (subject to hydrolysis) is 1. The summed E-state index contributed by atoms with van der Waals surface area (Å²) in [6.07, 6.45) is -0.0571. The van der Waals surface area contributed by atoms with Gasteiger partial charge in [-0.2, -0.15) is 0 Å². The van der Waals surface area contributed by atoms with Gasteiger partial charge in [0.2, 0.25) is 8.32 Å². The predicted molar refractivity (Wildman–Crippen MR) is 138 cm³/mol. The van der Waals surface area contributed by atoms with Gasteiger partial charge < -0.3 is 19.2 Å². The zero-order chi connectivity index (χ0) is 25.7. The van der Waals surface area contributed by atoms with E-state index in [0.29, 0.717) is 11.4 Å². The van der Waals surface area contributed by atoms with Gasteiger partial charge in [-0.3, -0.25) is 0 Å². The van der Waals surface area contributed by atoms with Crippen molar-refractivity contribution in [1.29, 1.82) is 0 Å². The smallest absolute Gasteiger partial charge is 0.408 e. The fourth-order valence-corrected chi connectivity index (χ4v) is 4.64. The first kappa shape index (κ1) is 27.8. The van der Waals surface area contributed by atoms with Crippen molar-refractivity contribution in [3.63, 3.8) is 0 Å². The van der Waals surface area contributed by atoms with Crippen LogP contribution in [0.15, 0.2) is 29.6 Å². The normalized spacial score (nSPS) is 13.2. The van der Waals surface area contributed by atoms with Gasteiger partial charge in [-0.15, -0.1) is 11.3 Å². The highest BCUT2D eigenvalue weighted by atomic mass is 32.1. The van der Waals surface area contributed by atoms with Gasteiger partial charge in [0, 0.05) is 5.38 Å². The van der Waals surface area contributed by atoms with Crippen LogP contribution in [0.3, 0.4) is 0 Å².